The molecule has 1 fully saturated rings. The number of phenolic OH excluding ortho intramolecular Hbond substituents is 3. The molecule has 0 amide bonds. The topological polar surface area (TPSA) is 222 Å². The molecule has 1 saturated heterocycles. The average Bonchev–Trinajstić information content (AvgIpc) is 3.04. The van der Waals surface area contributed by atoms with Crippen molar-refractivity contribution in [1.82, 2.24) is 0 Å². The molecule has 0 bridgehead atoms. The summed E-state index contributed by atoms with van der Waals surface area (Å²) in [6, 6.07) is 10.6. The fourth-order valence-corrected chi connectivity index (χ4v) is 5.05. The third kappa shape index (κ3) is 8.54. The van der Waals surface area contributed by atoms with Crippen LogP contribution in [0.2, 0.25) is 0 Å². The molecule has 14 heteroatoms. The molecule has 0 aromatic heterocycles. The summed E-state index contributed by atoms with van der Waals surface area (Å²) >= 11 is 0. The zero-order chi connectivity index (χ0) is 33.4. The van der Waals surface area contributed by atoms with E-state index in [9.17, 15) is 45.3 Å². The molecule has 14 nitrogen and oxygen atoms in total. The molecule has 4 rings (SSSR count). The lowest BCUT2D eigenvalue weighted by atomic mass is 9.86. The third-order valence-electron chi connectivity index (χ3n) is 7.67. The van der Waals surface area contributed by atoms with E-state index in [1.54, 1.807) is 31.2 Å². The number of carbonyl (C=O) groups is 2. The van der Waals surface area contributed by atoms with Crippen molar-refractivity contribution in [3.8, 4) is 17.2 Å². The smallest absolute Gasteiger partial charge is 0.337 e. The van der Waals surface area contributed by atoms with Gasteiger partial charge in [-0.2, -0.15) is 0 Å². The summed E-state index contributed by atoms with van der Waals surface area (Å²) < 4.78 is 27.8. The molecular formula is C32H38O14. The van der Waals surface area contributed by atoms with E-state index in [0.717, 1.165) is 11.8 Å². The number of allylic oxidation sites excluding steroid dienone is 1. The number of benzene rings is 2. The lowest BCUT2D eigenvalue weighted by molar-refractivity contribution is -0.327. The van der Waals surface area contributed by atoms with E-state index in [2.05, 4.69) is 0 Å². The van der Waals surface area contributed by atoms with Gasteiger partial charge in [-0.15, -0.1) is 0 Å². The predicted octanol–water partition coefficient (Wildman–Crippen LogP) is 0.684. The number of hydrogen-bond acceptors (Lipinski definition) is 14. The van der Waals surface area contributed by atoms with E-state index in [4.69, 9.17) is 23.7 Å². The molecule has 0 unspecified atom stereocenters. The third-order valence-corrected chi connectivity index (χ3v) is 7.67. The Morgan fingerprint density at radius 2 is 1.54 bits per heavy atom. The zero-order valence-corrected chi connectivity index (χ0v) is 25.0. The first kappa shape index (κ1) is 34.7. The van der Waals surface area contributed by atoms with E-state index in [1.807, 2.05) is 0 Å². The Morgan fingerprint density at radius 3 is 2.22 bits per heavy atom. The van der Waals surface area contributed by atoms with Crippen molar-refractivity contribution in [2.75, 3.05) is 19.8 Å². The highest BCUT2D eigenvalue weighted by Gasteiger charge is 2.47. The minimum atomic E-state index is -1.72. The van der Waals surface area contributed by atoms with Crippen LogP contribution in [0.3, 0.4) is 0 Å². The van der Waals surface area contributed by atoms with Gasteiger partial charge in [-0.05, 0) is 42.3 Å². The van der Waals surface area contributed by atoms with Crippen molar-refractivity contribution in [2.45, 2.75) is 63.2 Å². The highest BCUT2D eigenvalue weighted by Crippen LogP contribution is 2.36. The van der Waals surface area contributed by atoms with Crippen molar-refractivity contribution in [3.05, 3.63) is 77.1 Å². The first-order valence-electron chi connectivity index (χ1n) is 14.6. The molecule has 2 aromatic carbocycles. The second-order valence-corrected chi connectivity index (χ2v) is 10.8. The van der Waals surface area contributed by atoms with Gasteiger partial charge in [0.05, 0.1) is 38.1 Å². The van der Waals surface area contributed by atoms with Crippen molar-refractivity contribution in [2.24, 2.45) is 5.92 Å². The number of aliphatic hydroxyl groups excluding tert-OH is 4. The Kier molecular flexibility index (Phi) is 12.0. The molecule has 46 heavy (non-hydrogen) atoms. The van der Waals surface area contributed by atoms with Crippen LogP contribution in [0.15, 0.2) is 65.9 Å². The standard InChI is InChI=1S/C32H38O14/c1-2-20-21(14-26(37)42-11-9-17-3-6-19(34)7-4-17)22(30(41)43-12-10-18-5-8-23(35)24(36)13-18)16-44-31(20)46-32-29(40)28(39)27(38)25(15-33)45-32/h2-8,13,16,21,25,27-29,31-36,38-40H,9-12,14-15H2,1H3/b20-2+/t21-,25+,27+,28-,29+,31-,32-/m0/s1. The minimum absolute atomic E-state index is 0.0196. The van der Waals surface area contributed by atoms with Gasteiger partial charge in [-0.3, -0.25) is 4.79 Å². The molecule has 2 aliphatic rings. The summed E-state index contributed by atoms with van der Waals surface area (Å²) in [7, 11) is 0. The molecule has 0 saturated carbocycles. The van der Waals surface area contributed by atoms with E-state index >= 15 is 0 Å². The number of rotatable bonds is 12. The van der Waals surface area contributed by atoms with Crippen molar-refractivity contribution in [3.63, 3.8) is 0 Å². The van der Waals surface area contributed by atoms with Gasteiger partial charge >= 0.3 is 11.9 Å². The van der Waals surface area contributed by atoms with Gasteiger partial charge in [0, 0.05) is 24.3 Å². The summed E-state index contributed by atoms with van der Waals surface area (Å²) in [6.07, 6.45) is -6.31. The number of esters is 2. The minimum Gasteiger partial charge on any atom is -0.508 e. The van der Waals surface area contributed by atoms with Crippen LogP contribution < -0.4 is 0 Å². The zero-order valence-electron chi connectivity index (χ0n) is 25.0. The lowest BCUT2D eigenvalue weighted by Gasteiger charge is -2.42. The Morgan fingerprint density at radius 1 is 0.870 bits per heavy atom. The number of aliphatic hydroxyl groups is 4. The number of ether oxygens (including phenoxy) is 5. The van der Waals surface area contributed by atoms with Crippen LogP contribution in [0, 0.1) is 5.92 Å². The Labute approximate surface area is 264 Å². The van der Waals surface area contributed by atoms with Gasteiger partial charge in [0.25, 0.3) is 0 Å². The van der Waals surface area contributed by atoms with Crippen LogP contribution in [-0.4, -0.2) is 105 Å². The van der Waals surface area contributed by atoms with Crippen LogP contribution in [0.1, 0.15) is 24.5 Å². The molecule has 250 valence electrons. The summed E-state index contributed by atoms with van der Waals surface area (Å²) in [6.45, 7) is 0.841. The van der Waals surface area contributed by atoms with Gasteiger partial charge in [0.15, 0.2) is 17.8 Å². The van der Waals surface area contributed by atoms with Crippen LogP contribution in [0.25, 0.3) is 0 Å². The molecule has 2 heterocycles. The van der Waals surface area contributed by atoms with Gasteiger partial charge < -0.3 is 59.4 Å². The normalized spacial score (nSPS) is 27.0. The number of aromatic hydroxyl groups is 3. The Bertz CT molecular complexity index is 1400. The van der Waals surface area contributed by atoms with Crippen LogP contribution in [-0.2, 0) is 46.1 Å². The van der Waals surface area contributed by atoms with Gasteiger partial charge in [0.2, 0.25) is 6.29 Å². The van der Waals surface area contributed by atoms with Crippen LogP contribution in [0.4, 0.5) is 0 Å². The van der Waals surface area contributed by atoms with Gasteiger partial charge in [-0.25, -0.2) is 4.79 Å². The van der Waals surface area contributed by atoms with E-state index in [0.29, 0.717) is 12.0 Å². The first-order chi connectivity index (χ1) is 22.0. The highest BCUT2D eigenvalue weighted by molar-refractivity contribution is 5.91. The summed E-state index contributed by atoms with van der Waals surface area (Å²) in [5.74, 6) is -2.95. The molecule has 0 spiro atoms. The fraction of sp³-hybridized carbons (Fsp3) is 0.438. The first-order valence-corrected chi connectivity index (χ1v) is 14.6. The van der Waals surface area contributed by atoms with E-state index < -0.39 is 61.5 Å². The molecule has 2 aromatic rings. The second-order valence-electron chi connectivity index (χ2n) is 10.8. The maximum Gasteiger partial charge on any atom is 0.337 e. The molecule has 0 radical (unpaired) electrons. The van der Waals surface area contributed by atoms with E-state index in [1.165, 1.54) is 24.3 Å². The number of phenols is 3. The van der Waals surface area contributed by atoms with Crippen molar-refractivity contribution in [1.29, 1.82) is 0 Å². The SMILES string of the molecule is C/C=C1/[C@H](O[C@@H]2O[C@H](CO)[C@@H](O)[C@H](O)[C@H]2O)OC=C(C(=O)OCCc2ccc(O)c(O)c2)[C@H]1CC(=O)OCCc1ccc(O)cc1. The predicted molar refractivity (Wildman–Crippen MR) is 157 cm³/mol. The van der Waals surface area contributed by atoms with Gasteiger partial charge in [0.1, 0.15) is 30.2 Å². The molecule has 7 N–H and O–H groups in total. The highest BCUT2D eigenvalue weighted by atomic mass is 16.8. The van der Waals surface area contributed by atoms with Crippen molar-refractivity contribution >= 4 is 11.9 Å². The maximum atomic E-state index is 13.2. The van der Waals surface area contributed by atoms with Gasteiger partial charge in [-0.1, -0.05) is 24.3 Å². The second kappa shape index (κ2) is 15.9. The Hall–Kier alpha value is -4.18. The Balaban J connectivity index is 1.48. The lowest BCUT2D eigenvalue weighted by Crippen LogP contribution is -2.60. The average molecular weight is 647 g/mol. The van der Waals surface area contributed by atoms with E-state index in [-0.39, 0.29) is 54.5 Å². The summed E-state index contributed by atoms with van der Waals surface area (Å²) in [4.78, 5) is 26.3. The fourth-order valence-electron chi connectivity index (χ4n) is 5.05. The quantitative estimate of drug-likeness (QED) is 0.0958. The number of carbonyl (C=O) groups excluding carboxylic acids is 2. The largest absolute Gasteiger partial charge is 0.508 e. The van der Waals surface area contributed by atoms with Crippen LogP contribution >= 0.6 is 0 Å². The summed E-state index contributed by atoms with van der Waals surface area (Å²) in [5, 5.41) is 69.0. The maximum absolute atomic E-state index is 13.2. The molecular weight excluding hydrogens is 608 g/mol. The summed E-state index contributed by atoms with van der Waals surface area (Å²) in [5.41, 5.74) is 1.65. The molecule has 7 atom stereocenters. The molecule has 0 aliphatic carbocycles. The van der Waals surface area contributed by atoms with Crippen LogP contribution in [0.5, 0.6) is 17.2 Å². The molecule has 2 aliphatic heterocycles. The number of hydrogen-bond donors (Lipinski definition) is 7. The van der Waals surface area contributed by atoms with Crippen molar-refractivity contribution < 1.29 is 69.0 Å². The monoisotopic (exact) mass is 646 g/mol.